The Labute approximate surface area is 127 Å². The third-order valence-electron chi connectivity index (χ3n) is 2.87. The molecule has 0 bridgehead atoms. The van der Waals surface area contributed by atoms with E-state index in [9.17, 15) is 0 Å². The lowest BCUT2D eigenvalue weighted by Gasteiger charge is -2.12. The molecule has 1 aromatic carbocycles. The van der Waals surface area contributed by atoms with Gasteiger partial charge >= 0.3 is 0 Å². The topological polar surface area (TPSA) is 58.3 Å². The molecule has 0 saturated carbocycles. The second kappa shape index (κ2) is 5.97. The number of anilines is 1. The van der Waals surface area contributed by atoms with E-state index >= 15 is 0 Å². The van der Waals surface area contributed by atoms with Crippen LogP contribution in [0.2, 0.25) is 0 Å². The smallest absolute Gasteiger partial charge is 0.199 e. The van der Waals surface area contributed by atoms with Crippen LogP contribution in [-0.4, -0.2) is 10.1 Å². The zero-order valence-electron chi connectivity index (χ0n) is 11.9. The van der Waals surface area contributed by atoms with Gasteiger partial charge in [0.15, 0.2) is 5.89 Å². The van der Waals surface area contributed by atoms with Crippen LogP contribution in [0.1, 0.15) is 37.9 Å². The highest BCUT2D eigenvalue weighted by atomic mass is 79.9. The van der Waals surface area contributed by atoms with Crippen LogP contribution >= 0.6 is 15.9 Å². The van der Waals surface area contributed by atoms with Gasteiger partial charge in [-0.05, 0) is 33.6 Å². The first kappa shape index (κ1) is 15.1. The summed E-state index contributed by atoms with van der Waals surface area (Å²) in [6.45, 7) is 6.80. The van der Waals surface area contributed by atoms with Gasteiger partial charge in [0.25, 0.3) is 0 Å². The predicted octanol–water partition coefficient (Wildman–Crippen LogP) is 3.84. The van der Waals surface area contributed by atoms with Crippen LogP contribution < -0.4 is 5.32 Å². The second-order valence-corrected chi connectivity index (χ2v) is 6.57. The van der Waals surface area contributed by atoms with Crippen molar-refractivity contribution in [3.63, 3.8) is 0 Å². The molecule has 0 aliphatic heterocycles. The zero-order valence-corrected chi connectivity index (χ0v) is 13.5. The summed E-state index contributed by atoms with van der Waals surface area (Å²) in [6.07, 6.45) is 1.68. The fourth-order valence-corrected chi connectivity index (χ4v) is 2.11. The van der Waals surface area contributed by atoms with Gasteiger partial charge in [0.2, 0.25) is 0 Å². The van der Waals surface area contributed by atoms with Crippen molar-refractivity contribution >= 4 is 21.6 Å². The van der Waals surface area contributed by atoms with Gasteiger partial charge in [0, 0.05) is 15.6 Å². The molecular weight excluding hydrogens is 320 g/mol. The minimum Gasteiger partial charge on any atom is -0.448 e. The van der Waals surface area contributed by atoms with Crippen molar-refractivity contribution in [3.05, 3.63) is 46.1 Å². The van der Waals surface area contributed by atoms with E-state index in [4.69, 9.17) is 9.52 Å². The van der Waals surface area contributed by atoms with Gasteiger partial charge in [-0.3, -0.25) is 0 Å². The number of halogens is 1. The minimum absolute atomic E-state index is 0.0279. The predicted molar refractivity (Wildman–Crippen MR) is 82.6 cm³/mol. The van der Waals surface area contributed by atoms with E-state index in [-0.39, 0.29) is 12.0 Å². The van der Waals surface area contributed by atoms with E-state index in [2.05, 4.69) is 47.0 Å². The minimum atomic E-state index is -0.0877. The van der Waals surface area contributed by atoms with Crippen LogP contribution in [0.15, 0.2) is 33.4 Å². The SMILES string of the molecule is CC(C)(C)c1nc(CNc2cc(CO)ccc2Br)co1. The fourth-order valence-electron chi connectivity index (χ4n) is 1.72. The van der Waals surface area contributed by atoms with E-state index in [0.29, 0.717) is 6.54 Å². The molecule has 5 heteroatoms. The monoisotopic (exact) mass is 338 g/mol. The Morgan fingerprint density at radius 3 is 2.70 bits per heavy atom. The number of aliphatic hydroxyl groups excluding tert-OH is 1. The van der Waals surface area contributed by atoms with Gasteiger partial charge in [0.1, 0.15) is 6.26 Å². The van der Waals surface area contributed by atoms with Crippen LogP contribution in [0.25, 0.3) is 0 Å². The highest BCUT2D eigenvalue weighted by Gasteiger charge is 2.20. The zero-order chi connectivity index (χ0) is 14.8. The van der Waals surface area contributed by atoms with Crippen molar-refractivity contribution in [2.75, 3.05) is 5.32 Å². The van der Waals surface area contributed by atoms with E-state index in [0.717, 1.165) is 27.3 Å². The molecular formula is C15H19BrN2O2. The Kier molecular flexibility index (Phi) is 4.50. The maximum atomic E-state index is 9.16. The van der Waals surface area contributed by atoms with Crippen LogP contribution in [0.4, 0.5) is 5.69 Å². The van der Waals surface area contributed by atoms with Gasteiger partial charge in [-0.25, -0.2) is 4.98 Å². The molecule has 2 aromatic rings. The number of nitrogens with zero attached hydrogens (tertiary/aromatic N) is 1. The summed E-state index contributed by atoms with van der Waals surface area (Å²) < 4.78 is 6.44. The van der Waals surface area contributed by atoms with Crippen LogP contribution in [0, 0.1) is 0 Å². The molecule has 0 unspecified atom stereocenters. The van der Waals surface area contributed by atoms with Crippen molar-refractivity contribution in [1.82, 2.24) is 4.98 Å². The molecule has 0 saturated heterocycles. The Hall–Kier alpha value is -1.33. The lowest BCUT2D eigenvalue weighted by Crippen LogP contribution is -2.12. The molecule has 2 rings (SSSR count). The second-order valence-electron chi connectivity index (χ2n) is 5.72. The third kappa shape index (κ3) is 3.61. The summed E-state index contributed by atoms with van der Waals surface area (Å²) in [6, 6.07) is 5.70. The first-order valence-electron chi connectivity index (χ1n) is 6.48. The normalized spacial score (nSPS) is 11.7. The number of hydrogen-bond acceptors (Lipinski definition) is 4. The first-order chi connectivity index (χ1) is 9.40. The van der Waals surface area contributed by atoms with Crippen molar-refractivity contribution in [2.45, 2.75) is 39.3 Å². The molecule has 4 nitrogen and oxygen atoms in total. The summed E-state index contributed by atoms with van der Waals surface area (Å²) >= 11 is 3.48. The third-order valence-corrected chi connectivity index (χ3v) is 3.56. The van der Waals surface area contributed by atoms with Crippen molar-refractivity contribution in [3.8, 4) is 0 Å². The molecule has 1 heterocycles. The Balaban J connectivity index is 2.07. The van der Waals surface area contributed by atoms with Crippen molar-refractivity contribution in [1.29, 1.82) is 0 Å². The quantitative estimate of drug-likeness (QED) is 0.889. The van der Waals surface area contributed by atoms with E-state index in [1.54, 1.807) is 6.26 Å². The molecule has 0 aliphatic rings. The number of hydrogen-bond donors (Lipinski definition) is 2. The number of nitrogens with one attached hydrogen (secondary N) is 1. The molecule has 0 fully saturated rings. The van der Waals surface area contributed by atoms with E-state index in [1.807, 2.05) is 18.2 Å². The number of rotatable bonds is 4. The highest BCUT2D eigenvalue weighted by molar-refractivity contribution is 9.10. The molecule has 0 radical (unpaired) electrons. The lowest BCUT2D eigenvalue weighted by atomic mass is 9.97. The summed E-state index contributed by atoms with van der Waals surface area (Å²) in [5, 5.41) is 12.4. The van der Waals surface area contributed by atoms with E-state index in [1.165, 1.54) is 0 Å². The molecule has 2 N–H and O–H groups in total. The van der Waals surface area contributed by atoms with Crippen molar-refractivity contribution < 1.29 is 9.52 Å². The van der Waals surface area contributed by atoms with Crippen molar-refractivity contribution in [2.24, 2.45) is 0 Å². The van der Waals surface area contributed by atoms with Crippen LogP contribution in [-0.2, 0) is 18.6 Å². The van der Waals surface area contributed by atoms with Crippen LogP contribution in [0.5, 0.6) is 0 Å². The number of aromatic nitrogens is 1. The molecule has 108 valence electrons. The molecule has 0 spiro atoms. The molecule has 20 heavy (non-hydrogen) atoms. The summed E-state index contributed by atoms with van der Waals surface area (Å²) in [5.74, 6) is 0.734. The fraction of sp³-hybridized carbons (Fsp3) is 0.400. The van der Waals surface area contributed by atoms with E-state index < -0.39 is 0 Å². The van der Waals surface area contributed by atoms with Gasteiger partial charge in [-0.15, -0.1) is 0 Å². The molecule has 0 aliphatic carbocycles. The van der Waals surface area contributed by atoms with Gasteiger partial charge in [-0.1, -0.05) is 26.8 Å². The van der Waals surface area contributed by atoms with Gasteiger partial charge < -0.3 is 14.8 Å². The summed E-state index contributed by atoms with van der Waals surface area (Å²) in [7, 11) is 0. The summed E-state index contributed by atoms with van der Waals surface area (Å²) in [4.78, 5) is 4.47. The largest absolute Gasteiger partial charge is 0.448 e. The molecule has 1 aromatic heterocycles. The average molecular weight is 339 g/mol. The Morgan fingerprint density at radius 2 is 2.10 bits per heavy atom. The molecule has 0 amide bonds. The number of aliphatic hydroxyl groups is 1. The Morgan fingerprint density at radius 1 is 1.35 bits per heavy atom. The maximum absolute atomic E-state index is 9.16. The van der Waals surface area contributed by atoms with Gasteiger partial charge in [0.05, 0.1) is 18.8 Å². The summed E-state index contributed by atoms with van der Waals surface area (Å²) in [5.41, 5.74) is 2.56. The number of oxazole rings is 1. The first-order valence-corrected chi connectivity index (χ1v) is 7.27. The Bertz CT molecular complexity index is 588. The molecule has 0 atom stereocenters. The maximum Gasteiger partial charge on any atom is 0.199 e. The number of benzene rings is 1. The average Bonchev–Trinajstić information content (AvgIpc) is 2.86. The lowest BCUT2D eigenvalue weighted by molar-refractivity contribution is 0.282. The van der Waals surface area contributed by atoms with Gasteiger partial charge in [-0.2, -0.15) is 0 Å². The highest BCUT2D eigenvalue weighted by Crippen LogP contribution is 2.25. The standard InChI is InChI=1S/C15H19BrN2O2/c1-15(2,3)14-18-11(9-20-14)7-17-13-6-10(8-19)4-5-12(13)16/h4-6,9,17,19H,7-8H2,1-3H3. The van der Waals surface area contributed by atoms with Crippen LogP contribution in [0.3, 0.4) is 0 Å².